The van der Waals surface area contributed by atoms with Crippen molar-refractivity contribution in [2.24, 2.45) is 0 Å². The maximum Gasteiger partial charge on any atom is 0.334 e. The van der Waals surface area contributed by atoms with Crippen molar-refractivity contribution in [3.8, 4) is 24.7 Å². The van der Waals surface area contributed by atoms with Crippen LogP contribution in [0.2, 0.25) is 0 Å². The maximum absolute atomic E-state index is 11.8. The number of carbonyl (C=O) groups excluding carboxylic acids is 6. The van der Waals surface area contributed by atoms with Gasteiger partial charge in [0.25, 0.3) is 0 Å². The maximum atomic E-state index is 11.8. The summed E-state index contributed by atoms with van der Waals surface area (Å²) in [5, 5.41) is 3.02. The Balaban J connectivity index is 3.93. The fourth-order valence-corrected chi connectivity index (χ4v) is 3.36. The van der Waals surface area contributed by atoms with Gasteiger partial charge >= 0.3 is 35.8 Å². The van der Waals surface area contributed by atoms with E-state index in [4.69, 9.17) is 27.1 Å². The predicted molar refractivity (Wildman–Crippen MR) is 142 cm³/mol. The van der Waals surface area contributed by atoms with Gasteiger partial charge in [-0.05, 0) is 10.8 Å². The summed E-state index contributed by atoms with van der Waals surface area (Å²) in [7, 11) is 0. The molecule has 1 atom stereocenters. The molecular weight excluding hydrogens is 572 g/mol. The molecule has 15 heteroatoms. The molecule has 218 valence electrons. The molecule has 0 bridgehead atoms. The minimum atomic E-state index is -1.01. The van der Waals surface area contributed by atoms with Gasteiger partial charge in [-0.2, -0.15) is 0 Å². The van der Waals surface area contributed by atoms with E-state index in [1.165, 1.54) is 41.9 Å². The number of rotatable bonds is 20. The average molecular weight is 601 g/mol. The third kappa shape index (κ3) is 23.2. The van der Waals surface area contributed by atoms with Crippen LogP contribution in [0.3, 0.4) is 0 Å². The van der Waals surface area contributed by atoms with Crippen LogP contribution in [0.15, 0.2) is 23.0 Å². The van der Waals surface area contributed by atoms with Gasteiger partial charge in [-0.1, -0.05) is 11.8 Å². The van der Waals surface area contributed by atoms with Crippen molar-refractivity contribution in [3.63, 3.8) is 0 Å². The minimum absolute atomic E-state index is 0.0259. The molecule has 0 saturated heterocycles. The fourth-order valence-electron chi connectivity index (χ4n) is 1.90. The lowest BCUT2D eigenvalue weighted by molar-refractivity contribution is -0.172. The van der Waals surface area contributed by atoms with Crippen LogP contribution in [0.4, 0.5) is 0 Å². The molecule has 0 rings (SSSR count). The standard InChI is InChI=1S/C25H28O13S2/c1-4-6-21(27)35-17-37-24(30)14-25(31)38-18-36-23(29)8-11-40-13-12-39-10-7-22(28)34-16-20(32-9-5-2)15-33-19(3)26/h1-2,7-8,10-11,20H,6,9,12-18H2,3H3/b10-7+,11-8+. The zero-order valence-corrected chi connectivity index (χ0v) is 23.2. The summed E-state index contributed by atoms with van der Waals surface area (Å²) >= 11 is 2.61. The van der Waals surface area contributed by atoms with Gasteiger partial charge < -0.3 is 33.2 Å². The molecule has 40 heavy (non-hydrogen) atoms. The second-order valence-electron chi connectivity index (χ2n) is 6.72. The third-order valence-corrected chi connectivity index (χ3v) is 5.40. The molecule has 0 amide bonds. The Morgan fingerprint density at radius 3 is 1.80 bits per heavy atom. The summed E-state index contributed by atoms with van der Waals surface area (Å²) in [6.45, 7) is -0.437. The summed E-state index contributed by atoms with van der Waals surface area (Å²) in [6, 6.07) is 0. The van der Waals surface area contributed by atoms with Crippen molar-refractivity contribution in [3.05, 3.63) is 23.0 Å². The number of terminal acetylenes is 2. The molecule has 0 spiro atoms. The summed E-state index contributed by atoms with van der Waals surface area (Å²) in [5.41, 5.74) is 0. The zero-order valence-electron chi connectivity index (χ0n) is 21.5. The molecule has 0 aliphatic carbocycles. The molecular formula is C25H28O13S2. The topological polar surface area (TPSA) is 167 Å². The van der Waals surface area contributed by atoms with Gasteiger partial charge in [0.2, 0.25) is 13.6 Å². The van der Waals surface area contributed by atoms with E-state index < -0.39 is 61.9 Å². The van der Waals surface area contributed by atoms with Crippen LogP contribution in [0, 0.1) is 24.7 Å². The Labute approximate surface area is 239 Å². The summed E-state index contributed by atoms with van der Waals surface area (Å²) in [5.74, 6) is 0.824. The van der Waals surface area contributed by atoms with Crippen LogP contribution in [-0.2, 0) is 61.9 Å². The lowest BCUT2D eigenvalue weighted by Gasteiger charge is -2.15. The first-order valence-corrected chi connectivity index (χ1v) is 13.3. The second-order valence-corrected chi connectivity index (χ2v) is 8.75. The highest BCUT2D eigenvalue weighted by Gasteiger charge is 2.14. The van der Waals surface area contributed by atoms with Gasteiger partial charge in [-0.3, -0.25) is 19.2 Å². The van der Waals surface area contributed by atoms with Crippen molar-refractivity contribution in [2.75, 3.05) is 44.9 Å². The van der Waals surface area contributed by atoms with Crippen molar-refractivity contribution >= 4 is 59.3 Å². The molecule has 0 N–H and O–H groups in total. The molecule has 0 aromatic carbocycles. The quantitative estimate of drug-likeness (QED) is 0.0370. The Kier molecular flexibility index (Phi) is 21.8. The van der Waals surface area contributed by atoms with E-state index in [9.17, 15) is 28.8 Å². The average Bonchev–Trinajstić information content (AvgIpc) is 2.89. The molecule has 0 radical (unpaired) electrons. The first-order chi connectivity index (χ1) is 19.2. The molecule has 0 saturated carbocycles. The second kappa shape index (κ2) is 24.1. The van der Waals surface area contributed by atoms with Crippen LogP contribution in [0.25, 0.3) is 0 Å². The monoisotopic (exact) mass is 600 g/mol. The van der Waals surface area contributed by atoms with Crippen LogP contribution in [-0.4, -0.2) is 86.8 Å². The lowest BCUT2D eigenvalue weighted by atomic mass is 10.4. The lowest BCUT2D eigenvalue weighted by Crippen LogP contribution is -2.28. The fraction of sp³-hybridized carbons (Fsp3) is 0.440. The van der Waals surface area contributed by atoms with Crippen LogP contribution in [0.5, 0.6) is 0 Å². The number of hydrogen-bond acceptors (Lipinski definition) is 15. The van der Waals surface area contributed by atoms with E-state index in [0.29, 0.717) is 11.5 Å². The Morgan fingerprint density at radius 1 is 0.725 bits per heavy atom. The smallest absolute Gasteiger partial charge is 0.334 e. The van der Waals surface area contributed by atoms with E-state index in [1.54, 1.807) is 5.41 Å². The number of carbonyl (C=O) groups is 6. The molecule has 0 aliphatic heterocycles. The van der Waals surface area contributed by atoms with Gasteiger partial charge in [0.1, 0.15) is 38.8 Å². The van der Waals surface area contributed by atoms with E-state index >= 15 is 0 Å². The number of thioether (sulfide) groups is 2. The van der Waals surface area contributed by atoms with E-state index in [2.05, 4.69) is 24.9 Å². The molecule has 0 aromatic heterocycles. The Morgan fingerprint density at radius 2 is 1.25 bits per heavy atom. The Bertz CT molecular complexity index is 992. The minimum Gasteiger partial charge on any atom is -0.463 e. The number of esters is 6. The zero-order chi connectivity index (χ0) is 30.0. The number of ether oxygens (including phenoxy) is 7. The van der Waals surface area contributed by atoms with Gasteiger partial charge in [-0.15, -0.1) is 36.4 Å². The third-order valence-electron chi connectivity index (χ3n) is 3.60. The van der Waals surface area contributed by atoms with Gasteiger partial charge in [0.05, 0.1) is 0 Å². The van der Waals surface area contributed by atoms with Crippen molar-refractivity contribution in [1.82, 2.24) is 0 Å². The Hall–Kier alpha value is -3.92. The molecule has 13 nitrogen and oxygen atoms in total. The number of hydrogen-bond donors (Lipinski definition) is 0. The van der Waals surface area contributed by atoms with E-state index in [-0.39, 0.29) is 26.2 Å². The van der Waals surface area contributed by atoms with Crippen molar-refractivity contribution in [2.45, 2.75) is 25.9 Å². The van der Waals surface area contributed by atoms with Crippen molar-refractivity contribution in [1.29, 1.82) is 0 Å². The molecule has 0 heterocycles. The molecule has 1 unspecified atom stereocenters. The highest BCUT2D eigenvalue weighted by atomic mass is 32.2. The van der Waals surface area contributed by atoms with Crippen LogP contribution < -0.4 is 0 Å². The first-order valence-electron chi connectivity index (χ1n) is 11.2. The normalized spacial score (nSPS) is 11.1. The highest BCUT2D eigenvalue weighted by molar-refractivity contribution is 8.05. The largest absolute Gasteiger partial charge is 0.463 e. The van der Waals surface area contributed by atoms with Gasteiger partial charge in [0.15, 0.2) is 0 Å². The van der Waals surface area contributed by atoms with Crippen LogP contribution in [0.1, 0.15) is 19.8 Å². The van der Waals surface area contributed by atoms with Crippen molar-refractivity contribution < 1.29 is 61.9 Å². The molecule has 0 fully saturated rings. The summed E-state index contributed by atoms with van der Waals surface area (Å²) in [4.78, 5) is 68.1. The van der Waals surface area contributed by atoms with E-state index in [1.807, 2.05) is 5.92 Å². The van der Waals surface area contributed by atoms with Gasteiger partial charge in [-0.25, -0.2) is 9.59 Å². The molecule has 0 aromatic rings. The molecule has 0 aliphatic rings. The van der Waals surface area contributed by atoms with Crippen LogP contribution >= 0.6 is 23.5 Å². The summed E-state index contributed by atoms with van der Waals surface area (Å²) in [6.07, 6.45) is 10.6. The van der Waals surface area contributed by atoms with Gasteiger partial charge in [0, 0.05) is 30.6 Å². The first kappa shape index (κ1) is 36.1. The summed E-state index contributed by atoms with van der Waals surface area (Å²) < 4.78 is 33.3. The SMILES string of the molecule is C#CCOC(COC(C)=O)COC(=O)/C=C/SCCS/C=C/C(=O)OCOC(=O)CC(=O)OCOC(=O)CC#C. The predicted octanol–water partition coefficient (Wildman–Crippen LogP) is 1.11. The highest BCUT2D eigenvalue weighted by Crippen LogP contribution is 2.09. The van der Waals surface area contributed by atoms with E-state index in [0.717, 1.165) is 6.08 Å².